The molecule has 1 N–H and O–H groups in total. The number of nitrogens with one attached hydrogen (secondary N) is 1. The molecule has 0 unspecified atom stereocenters. The number of hydrogen-bond acceptors (Lipinski definition) is 6. The summed E-state index contributed by atoms with van der Waals surface area (Å²) in [5.74, 6) is 1.52. The first-order chi connectivity index (χ1) is 12.7. The molecule has 7 heteroatoms. The van der Waals surface area contributed by atoms with Gasteiger partial charge in [-0.15, -0.1) is 23.5 Å². The molecule has 0 spiro atoms. The Morgan fingerprint density at radius 2 is 2.04 bits per heavy atom. The number of thioether (sulfide) groups is 2. The van der Waals surface area contributed by atoms with E-state index in [1.54, 1.807) is 25.1 Å². The predicted octanol–water partition coefficient (Wildman–Crippen LogP) is 4.21. The second-order valence-corrected chi connectivity index (χ2v) is 7.57. The minimum absolute atomic E-state index is 0.139. The highest BCUT2D eigenvalue weighted by Crippen LogP contribution is 2.26. The molecule has 0 saturated carbocycles. The molecule has 1 amide bonds. The Kier molecular flexibility index (Phi) is 8.80. The molecule has 0 radical (unpaired) electrons. The van der Waals surface area contributed by atoms with Crippen LogP contribution in [0.2, 0.25) is 0 Å². The maximum absolute atomic E-state index is 12.6. The molecule has 140 valence electrons. The lowest BCUT2D eigenvalue weighted by molar-refractivity contribution is -0.112. The van der Waals surface area contributed by atoms with Gasteiger partial charge in [0.1, 0.15) is 5.75 Å². The Hall–Kier alpha value is -1.70. The third-order valence-corrected chi connectivity index (χ3v) is 5.69. The quantitative estimate of drug-likeness (QED) is 0.388. The standard InChI is InChI=1S/C19H25N3O2S2/c1-20-13-17(26-14-22-10-4-5-11-22)12-18(25-3)19(23)21-15-6-8-16(24-2)9-7-15/h6-9,12-13H,1,4-5,10-11,14H2,2-3H3,(H,21,23)/b17-13-,18-12-. The number of hydrogen-bond donors (Lipinski definition) is 1. The highest BCUT2D eigenvalue weighted by Gasteiger charge is 2.13. The summed E-state index contributed by atoms with van der Waals surface area (Å²) in [7, 11) is 1.61. The van der Waals surface area contributed by atoms with Gasteiger partial charge in [0, 0.05) is 22.7 Å². The number of methoxy groups -OCH3 is 1. The van der Waals surface area contributed by atoms with E-state index < -0.39 is 0 Å². The summed E-state index contributed by atoms with van der Waals surface area (Å²) in [5.41, 5.74) is 0.729. The van der Waals surface area contributed by atoms with Crippen LogP contribution in [0, 0.1) is 0 Å². The number of benzene rings is 1. The molecular formula is C19H25N3O2S2. The lowest BCUT2D eigenvalue weighted by Gasteiger charge is -2.14. The van der Waals surface area contributed by atoms with Gasteiger partial charge in [0.05, 0.1) is 12.0 Å². The summed E-state index contributed by atoms with van der Waals surface area (Å²) in [6.45, 7) is 5.82. The highest BCUT2D eigenvalue weighted by molar-refractivity contribution is 8.04. The fourth-order valence-electron chi connectivity index (χ4n) is 2.50. The Morgan fingerprint density at radius 3 is 2.62 bits per heavy atom. The van der Waals surface area contributed by atoms with E-state index in [4.69, 9.17) is 4.74 Å². The van der Waals surface area contributed by atoms with Crippen molar-refractivity contribution in [2.24, 2.45) is 4.99 Å². The third kappa shape index (κ3) is 6.55. The number of ether oxygens (including phenoxy) is 1. The average molecular weight is 392 g/mol. The van der Waals surface area contributed by atoms with Crippen LogP contribution in [0.4, 0.5) is 5.69 Å². The number of amides is 1. The Labute approximate surface area is 164 Å². The average Bonchev–Trinajstić information content (AvgIpc) is 3.18. The molecule has 2 rings (SSSR count). The summed E-state index contributed by atoms with van der Waals surface area (Å²) in [6.07, 6.45) is 7.99. The molecule has 0 aliphatic carbocycles. The zero-order chi connectivity index (χ0) is 18.8. The molecule has 0 bridgehead atoms. The fraction of sp³-hybridized carbons (Fsp3) is 0.368. The summed E-state index contributed by atoms with van der Waals surface area (Å²) >= 11 is 3.09. The molecule has 0 atom stereocenters. The van der Waals surface area contributed by atoms with Crippen LogP contribution in [-0.2, 0) is 4.79 Å². The molecule has 5 nitrogen and oxygen atoms in total. The first-order valence-corrected chi connectivity index (χ1v) is 10.6. The Bertz CT molecular complexity index is 666. The zero-order valence-corrected chi connectivity index (χ0v) is 16.9. The topological polar surface area (TPSA) is 53.9 Å². The number of rotatable bonds is 9. The number of carbonyl (C=O) groups excluding carboxylic acids is 1. The zero-order valence-electron chi connectivity index (χ0n) is 15.2. The van der Waals surface area contributed by atoms with Crippen molar-refractivity contribution < 1.29 is 9.53 Å². The van der Waals surface area contributed by atoms with Crippen molar-refractivity contribution in [3.63, 3.8) is 0 Å². The van der Waals surface area contributed by atoms with Crippen molar-refractivity contribution in [2.45, 2.75) is 12.8 Å². The first-order valence-electron chi connectivity index (χ1n) is 8.38. The van der Waals surface area contributed by atoms with Gasteiger partial charge in [-0.2, -0.15) is 0 Å². The SMILES string of the molecule is C=N/C=C(/C=C(\SC)C(=O)Nc1ccc(OC)cc1)SCN1CCCC1. The summed E-state index contributed by atoms with van der Waals surface area (Å²) < 4.78 is 5.13. The third-order valence-electron chi connectivity index (χ3n) is 3.90. The second kappa shape index (κ2) is 11.1. The van der Waals surface area contributed by atoms with Crippen LogP contribution in [0.15, 0.2) is 51.3 Å². The van der Waals surface area contributed by atoms with Crippen molar-refractivity contribution in [1.29, 1.82) is 0 Å². The summed E-state index contributed by atoms with van der Waals surface area (Å²) in [6, 6.07) is 7.27. The molecule has 1 saturated heterocycles. The number of nitrogens with zero attached hydrogens (tertiary/aromatic N) is 2. The van der Waals surface area contributed by atoms with E-state index in [1.807, 2.05) is 36.6 Å². The Morgan fingerprint density at radius 1 is 1.35 bits per heavy atom. The van der Waals surface area contributed by atoms with Crippen molar-refractivity contribution in [2.75, 3.05) is 37.6 Å². The minimum Gasteiger partial charge on any atom is -0.497 e. The van der Waals surface area contributed by atoms with Gasteiger partial charge in [0.2, 0.25) is 0 Å². The molecule has 1 fully saturated rings. The smallest absolute Gasteiger partial charge is 0.262 e. The van der Waals surface area contributed by atoms with Crippen molar-refractivity contribution in [3.8, 4) is 5.75 Å². The lowest BCUT2D eigenvalue weighted by atomic mass is 10.3. The minimum atomic E-state index is -0.139. The van der Waals surface area contributed by atoms with Gasteiger partial charge in [-0.05, 0) is 69.2 Å². The highest BCUT2D eigenvalue weighted by atomic mass is 32.2. The van der Waals surface area contributed by atoms with E-state index in [1.165, 1.54) is 24.6 Å². The van der Waals surface area contributed by atoms with E-state index in [0.717, 1.165) is 35.3 Å². The second-order valence-electron chi connectivity index (χ2n) is 5.71. The van der Waals surface area contributed by atoms with Crippen LogP contribution >= 0.6 is 23.5 Å². The van der Waals surface area contributed by atoms with Gasteiger partial charge < -0.3 is 10.1 Å². The number of allylic oxidation sites excluding steroid dienone is 1. The van der Waals surface area contributed by atoms with Crippen LogP contribution in [0.3, 0.4) is 0 Å². The molecule has 1 aliphatic heterocycles. The van der Waals surface area contributed by atoms with E-state index >= 15 is 0 Å². The largest absolute Gasteiger partial charge is 0.497 e. The van der Waals surface area contributed by atoms with Crippen molar-refractivity contribution in [1.82, 2.24) is 4.90 Å². The van der Waals surface area contributed by atoms with Gasteiger partial charge >= 0.3 is 0 Å². The molecule has 1 heterocycles. The van der Waals surface area contributed by atoms with Gasteiger partial charge in [-0.25, -0.2) is 0 Å². The summed E-state index contributed by atoms with van der Waals surface area (Å²) in [5, 5.41) is 2.91. The van der Waals surface area contributed by atoms with Gasteiger partial charge in [-0.1, -0.05) is 0 Å². The van der Waals surface area contributed by atoms with Crippen LogP contribution in [0.1, 0.15) is 12.8 Å². The molecule has 1 aromatic carbocycles. The van der Waals surface area contributed by atoms with Gasteiger partial charge in [-0.3, -0.25) is 14.7 Å². The maximum atomic E-state index is 12.6. The molecular weight excluding hydrogens is 366 g/mol. The molecule has 26 heavy (non-hydrogen) atoms. The monoisotopic (exact) mass is 391 g/mol. The van der Waals surface area contributed by atoms with Crippen LogP contribution < -0.4 is 10.1 Å². The molecule has 1 aromatic rings. The molecule has 0 aromatic heterocycles. The van der Waals surface area contributed by atoms with E-state index in [9.17, 15) is 4.79 Å². The van der Waals surface area contributed by atoms with Crippen LogP contribution in [0.25, 0.3) is 0 Å². The first kappa shape index (κ1) is 20.6. The summed E-state index contributed by atoms with van der Waals surface area (Å²) in [4.78, 5) is 20.4. The molecule has 1 aliphatic rings. The van der Waals surface area contributed by atoms with Crippen LogP contribution in [-0.4, -0.2) is 49.9 Å². The van der Waals surface area contributed by atoms with Crippen molar-refractivity contribution in [3.05, 3.63) is 46.4 Å². The number of likely N-dealkylation sites (tertiary alicyclic amines) is 1. The van der Waals surface area contributed by atoms with E-state index in [2.05, 4.69) is 21.9 Å². The van der Waals surface area contributed by atoms with Crippen molar-refractivity contribution >= 4 is 41.8 Å². The lowest BCUT2D eigenvalue weighted by Crippen LogP contribution is -2.18. The Balaban J connectivity index is 2.02. The van der Waals surface area contributed by atoms with Gasteiger partial charge in [0.15, 0.2) is 0 Å². The van der Waals surface area contributed by atoms with E-state index in [0.29, 0.717) is 4.91 Å². The number of aliphatic imine (C=N–C) groups is 1. The fourth-order valence-corrected chi connectivity index (χ4v) is 3.99. The van der Waals surface area contributed by atoms with Gasteiger partial charge in [0.25, 0.3) is 5.91 Å². The normalized spacial score (nSPS) is 15.8. The van der Waals surface area contributed by atoms with E-state index in [-0.39, 0.29) is 5.91 Å². The van der Waals surface area contributed by atoms with Crippen LogP contribution in [0.5, 0.6) is 5.75 Å². The number of anilines is 1. The maximum Gasteiger partial charge on any atom is 0.262 e. The number of carbonyl (C=O) groups is 1. The predicted molar refractivity (Wildman–Crippen MR) is 114 cm³/mol.